The molecule has 0 spiro atoms. The molecule has 0 saturated heterocycles. The smallest absolute Gasteiger partial charge is 0.407 e. The van der Waals surface area contributed by atoms with E-state index in [4.69, 9.17) is 10.5 Å². The molecule has 0 heterocycles. The van der Waals surface area contributed by atoms with Crippen molar-refractivity contribution < 1.29 is 19.1 Å². The Balaban J connectivity index is 1.21. The third-order valence-electron chi connectivity index (χ3n) is 8.32. The number of fused-ring (bicyclic) bond motifs is 3. The maximum absolute atomic E-state index is 13.8. The monoisotopic (exact) mass is 595 g/mol. The first-order valence-electron chi connectivity index (χ1n) is 14.9. The van der Waals surface area contributed by atoms with Gasteiger partial charge in [0.1, 0.15) is 18.2 Å². The highest BCUT2D eigenvalue weighted by molar-refractivity contribution is 5.90. The summed E-state index contributed by atoms with van der Waals surface area (Å²) < 4.78 is 5.62. The van der Waals surface area contributed by atoms with Crippen LogP contribution in [-0.2, 0) is 19.9 Å². The van der Waals surface area contributed by atoms with Gasteiger partial charge in [0.05, 0.1) is 6.42 Å². The van der Waals surface area contributed by atoms with Crippen molar-refractivity contribution in [2.45, 2.75) is 23.9 Å². The Bertz CT molecular complexity index is 1670. The molecule has 4 N–H and O–H groups in total. The average Bonchev–Trinajstić information content (AvgIpc) is 3.40. The van der Waals surface area contributed by atoms with Crippen molar-refractivity contribution in [1.82, 2.24) is 10.6 Å². The van der Waals surface area contributed by atoms with Crippen LogP contribution in [0.2, 0.25) is 0 Å². The first-order valence-corrected chi connectivity index (χ1v) is 14.9. The number of nitrogens with one attached hydrogen (secondary N) is 2. The van der Waals surface area contributed by atoms with E-state index in [1.165, 1.54) is 0 Å². The van der Waals surface area contributed by atoms with Crippen LogP contribution < -0.4 is 16.4 Å². The van der Waals surface area contributed by atoms with Crippen LogP contribution in [0.4, 0.5) is 4.79 Å². The van der Waals surface area contributed by atoms with Gasteiger partial charge in [-0.2, -0.15) is 0 Å². The molecule has 1 atom stereocenters. The van der Waals surface area contributed by atoms with Crippen molar-refractivity contribution in [3.63, 3.8) is 0 Å². The quantitative estimate of drug-likeness (QED) is 0.175. The Kier molecular flexibility index (Phi) is 8.42. The fourth-order valence-corrected chi connectivity index (χ4v) is 6.23. The number of rotatable bonds is 10. The summed E-state index contributed by atoms with van der Waals surface area (Å²) in [5.74, 6) is -1.47. The van der Waals surface area contributed by atoms with Crippen molar-refractivity contribution in [3.8, 4) is 11.1 Å². The van der Waals surface area contributed by atoms with Gasteiger partial charge in [-0.3, -0.25) is 9.59 Å². The van der Waals surface area contributed by atoms with Crippen LogP contribution in [0.1, 0.15) is 40.2 Å². The Morgan fingerprint density at radius 1 is 0.644 bits per heavy atom. The van der Waals surface area contributed by atoms with E-state index in [0.717, 1.165) is 38.9 Å². The standard InChI is InChI=1S/C38H33N3O4/c39-36(43)34(40-37(44)45-25-33-31-22-12-10-20-29(31)30-21-11-13-23-32(30)33)24-35(42)41-38(26-14-4-1-5-15-26,27-16-6-2-7-17-27)28-18-8-3-9-19-28/h1-23,33-34H,24-25H2,(H2,39,43)(H,40,44)(H,41,42). The zero-order chi connectivity index (χ0) is 31.2. The predicted octanol–water partition coefficient (Wildman–Crippen LogP) is 5.88. The number of carbonyl (C=O) groups is 3. The Morgan fingerprint density at radius 3 is 1.51 bits per heavy atom. The van der Waals surface area contributed by atoms with E-state index in [-0.39, 0.29) is 18.9 Å². The molecule has 45 heavy (non-hydrogen) atoms. The van der Waals surface area contributed by atoms with Crippen LogP contribution in [0, 0.1) is 0 Å². The third kappa shape index (κ3) is 5.93. The molecule has 0 aromatic heterocycles. The molecule has 1 unspecified atom stereocenters. The number of benzene rings is 5. The number of hydrogen-bond acceptors (Lipinski definition) is 4. The molecule has 7 heteroatoms. The van der Waals surface area contributed by atoms with Crippen LogP contribution in [0.15, 0.2) is 140 Å². The average molecular weight is 596 g/mol. The lowest BCUT2D eigenvalue weighted by Gasteiger charge is -2.37. The van der Waals surface area contributed by atoms with Gasteiger partial charge in [-0.25, -0.2) is 4.79 Å². The van der Waals surface area contributed by atoms with Crippen molar-refractivity contribution in [2.24, 2.45) is 5.73 Å². The second-order valence-corrected chi connectivity index (χ2v) is 11.0. The van der Waals surface area contributed by atoms with Crippen molar-refractivity contribution in [3.05, 3.63) is 167 Å². The van der Waals surface area contributed by atoms with Crippen molar-refractivity contribution in [1.29, 1.82) is 0 Å². The van der Waals surface area contributed by atoms with Crippen LogP contribution in [-0.4, -0.2) is 30.6 Å². The van der Waals surface area contributed by atoms with Gasteiger partial charge in [-0.15, -0.1) is 0 Å². The van der Waals surface area contributed by atoms with Gasteiger partial charge in [0.2, 0.25) is 11.8 Å². The largest absolute Gasteiger partial charge is 0.449 e. The van der Waals surface area contributed by atoms with Crippen LogP contribution in [0.25, 0.3) is 11.1 Å². The van der Waals surface area contributed by atoms with Crippen molar-refractivity contribution in [2.75, 3.05) is 6.61 Å². The SMILES string of the molecule is NC(=O)C(CC(=O)NC(c1ccccc1)(c1ccccc1)c1ccccc1)NC(=O)OCC1c2ccccc2-c2ccccc21. The van der Waals surface area contributed by atoms with E-state index in [1.807, 2.05) is 127 Å². The topological polar surface area (TPSA) is 111 Å². The molecule has 224 valence electrons. The number of hydrogen-bond donors (Lipinski definition) is 3. The van der Waals surface area contributed by atoms with Gasteiger partial charge >= 0.3 is 6.09 Å². The molecule has 5 aromatic rings. The lowest BCUT2D eigenvalue weighted by Crippen LogP contribution is -2.52. The Hall–Kier alpha value is -5.69. The maximum atomic E-state index is 13.8. The molecule has 0 bridgehead atoms. The lowest BCUT2D eigenvalue weighted by molar-refractivity contribution is -0.127. The summed E-state index contributed by atoms with van der Waals surface area (Å²) in [6, 6.07) is 43.6. The summed E-state index contributed by atoms with van der Waals surface area (Å²) in [4.78, 5) is 39.3. The zero-order valence-corrected chi connectivity index (χ0v) is 24.6. The molecule has 7 nitrogen and oxygen atoms in total. The number of nitrogens with two attached hydrogens (primary N) is 1. The molecule has 0 fully saturated rings. The molecule has 5 aromatic carbocycles. The highest BCUT2D eigenvalue weighted by atomic mass is 16.5. The molecule has 1 aliphatic carbocycles. The summed E-state index contributed by atoms with van der Waals surface area (Å²) in [5.41, 5.74) is 11.4. The summed E-state index contributed by atoms with van der Waals surface area (Å²) in [6.45, 7) is 0.0661. The number of carbonyl (C=O) groups excluding carboxylic acids is 3. The number of amides is 3. The minimum Gasteiger partial charge on any atom is -0.449 e. The fourth-order valence-electron chi connectivity index (χ4n) is 6.23. The minimum atomic E-state index is -1.29. The van der Waals surface area contributed by atoms with Gasteiger partial charge in [0, 0.05) is 5.92 Å². The second-order valence-electron chi connectivity index (χ2n) is 11.0. The summed E-state index contributed by atoms with van der Waals surface area (Å²) >= 11 is 0. The van der Waals surface area contributed by atoms with Gasteiger partial charge in [0.25, 0.3) is 0 Å². The molecule has 0 radical (unpaired) electrons. The van der Waals surface area contributed by atoms with E-state index in [0.29, 0.717) is 0 Å². The molecule has 1 aliphatic rings. The maximum Gasteiger partial charge on any atom is 0.407 e. The van der Waals surface area contributed by atoms with E-state index in [2.05, 4.69) is 22.8 Å². The molecule has 0 aliphatic heterocycles. The molecule has 3 amide bonds. The number of primary amides is 1. The first-order chi connectivity index (χ1) is 22.0. The normalized spacial score (nSPS) is 12.8. The summed E-state index contributed by atoms with van der Waals surface area (Å²) in [7, 11) is 0. The van der Waals surface area contributed by atoms with E-state index in [1.54, 1.807) is 0 Å². The Labute approximate surface area is 262 Å². The number of alkyl carbamates (subject to hydrolysis) is 1. The first kappa shape index (κ1) is 29.4. The van der Waals surface area contributed by atoms with E-state index < -0.39 is 29.5 Å². The van der Waals surface area contributed by atoms with Crippen molar-refractivity contribution >= 4 is 17.9 Å². The highest BCUT2D eigenvalue weighted by Gasteiger charge is 2.39. The van der Waals surface area contributed by atoms with Gasteiger partial charge in [-0.05, 0) is 38.9 Å². The Morgan fingerprint density at radius 2 is 1.07 bits per heavy atom. The van der Waals surface area contributed by atoms with Crippen LogP contribution in [0.5, 0.6) is 0 Å². The van der Waals surface area contributed by atoms with E-state index in [9.17, 15) is 14.4 Å². The zero-order valence-electron chi connectivity index (χ0n) is 24.6. The second kappa shape index (κ2) is 12.9. The highest BCUT2D eigenvalue weighted by Crippen LogP contribution is 2.44. The lowest BCUT2D eigenvalue weighted by atomic mass is 9.77. The summed E-state index contributed by atoms with van der Waals surface area (Å²) in [6.07, 6.45) is -1.21. The molecular formula is C38H33N3O4. The van der Waals surface area contributed by atoms with Gasteiger partial charge in [-0.1, -0.05) is 140 Å². The third-order valence-corrected chi connectivity index (χ3v) is 8.32. The molecular weight excluding hydrogens is 562 g/mol. The molecule has 6 rings (SSSR count). The molecule has 0 saturated carbocycles. The van der Waals surface area contributed by atoms with Crippen LogP contribution >= 0.6 is 0 Å². The summed E-state index contributed by atoms with van der Waals surface area (Å²) in [5, 5.41) is 5.73. The fraction of sp³-hybridized carbons (Fsp3) is 0.132. The van der Waals surface area contributed by atoms with E-state index >= 15 is 0 Å². The number of ether oxygens (including phenoxy) is 1. The van der Waals surface area contributed by atoms with Gasteiger partial charge < -0.3 is 21.1 Å². The van der Waals surface area contributed by atoms with Crippen LogP contribution in [0.3, 0.4) is 0 Å². The predicted molar refractivity (Wildman–Crippen MR) is 173 cm³/mol. The van der Waals surface area contributed by atoms with Gasteiger partial charge in [0.15, 0.2) is 0 Å². The minimum absolute atomic E-state index is 0.0661.